The monoisotopic (exact) mass is 359 g/mol. The van der Waals surface area contributed by atoms with E-state index in [1.165, 1.54) is 50.5 Å². The Bertz CT molecular complexity index is 504. The molecule has 0 aromatic heterocycles. The van der Waals surface area contributed by atoms with Gasteiger partial charge in [-0.3, -0.25) is 4.90 Å². The van der Waals surface area contributed by atoms with E-state index in [0.717, 1.165) is 39.0 Å². The molecule has 2 fully saturated rings. The van der Waals surface area contributed by atoms with E-state index < -0.39 is 5.60 Å². The lowest BCUT2D eigenvalue weighted by molar-refractivity contribution is -0.148. The Labute approximate surface area is 159 Å². The summed E-state index contributed by atoms with van der Waals surface area (Å²) in [6.07, 6.45) is 11.9. The molecule has 2 heterocycles. The summed E-state index contributed by atoms with van der Waals surface area (Å²) < 4.78 is 5.83. The van der Waals surface area contributed by atoms with E-state index in [0.29, 0.717) is 12.1 Å². The average molecular weight is 360 g/mol. The number of aliphatic hydroxyl groups is 1. The first-order valence-electron chi connectivity index (χ1n) is 10.8. The molecule has 2 bridgehead atoms. The minimum atomic E-state index is -0.476. The van der Waals surface area contributed by atoms with Crippen LogP contribution in [-0.4, -0.2) is 40.9 Å². The van der Waals surface area contributed by atoms with Crippen LogP contribution in [0, 0.1) is 0 Å². The Hall–Kier alpha value is -0.900. The summed E-state index contributed by atoms with van der Waals surface area (Å²) in [5.41, 5.74) is 0.886. The summed E-state index contributed by atoms with van der Waals surface area (Å²) in [5.74, 6) is 0. The highest BCUT2D eigenvalue weighted by Gasteiger charge is 2.45. The number of ether oxygens (including phenoxy) is 1. The minimum Gasteiger partial charge on any atom is -0.390 e. The first-order chi connectivity index (χ1) is 12.7. The highest BCUT2D eigenvalue weighted by molar-refractivity contribution is 5.15. The zero-order chi connectivity index (χ0) is 18.2. The molecule has 0 amide bonds. The number of rotatable bonds is 10. The van der Waals surface area contributed by atoms with Gasteiger partial charge in [-0.2, -0.15) is 0 Å². The van der Waals surface area contributed by atoms with Gasteiger partial charge in [0.25, 0.3) is 0 Å². The highest BCUT2D eigenvalue weighted by Crippen LogP contribution is 2.38. The van der Waals surface area contributed by atoms with Crippen molar-refractivity contribution >= 4 is 0 Å². The summed E-state index contributed by atoms with van der Waals surface area (Å²) >= 11 is 0. The summed E-state index contributed by atoms with van der Waals surface area (Å²) in [5, 5.41) is 11.2. The van der Waals surface area contributed by atoms with Gasteiger partial charge in [-0.05, 0) is 24.8 Å². The number of unbranched alkanes of at least 4 members (excludes halogenated alkanes) is 6. The van der Waals surface area contributed by atoms with Crippen molar-refractivity contribution in [2.24, 2.45) is 0 Å². The van der Waals surface area contributed by atoms with Gasteiger partial charge in [-0.25, -0.2) is 0 Å². The molecule has 1 N–H and O–H groups in total. The molecular weight excluding hydrogens is 322 g/mol. The first kappa shape index (κ1) is 19.9. The number of benzene rings is 1. The van der Waals surface area contributed by atoms with E-state index in [9.17, 15) is 5.11 Å². The standard InChI is InChI=1S/C23H37NO2/c1-2-3-4-5-6-7-11-14-23(25)15-21-18-26-19-22(16-23)24(21)17-20-12-9-8-10-13-20/h8-10,12-13,21-22,25H,2-7,11,14-19H2,1H3. The number of morpholine rings is 1. The van der Waals surface area contributed by atoms with E-state index in [1.54, 1.807) is 0 Å². The SMILES string of the molecule is CCCCCCCCCC1(O)CC2COCC(C1)N2Cc1ccccc1. The third-order valence-electron chi connectivity index (χ3n) is 6.24. The largest absolute Gasteiger partial charge is 0.390 e. The Morgan fingerprint density at radius 1 is 0.962 bits per heavy atom. The van der Waals surface area contributed by atoms with Gasteiger partial charge in [-0.15, -0.1) is 0 Å². The Morgan fingerprint density at radius 3 is 2.23 bits per heavy atom. The Morgan fingerprint density at radius 2 is 1.58 bits per heavy atom. The topological polar surface area (TPSA) is 32.7 Å². The van der Waals surface area contributed by atoms with Crippen LogP contribution in [0.15, 0.2) is 30.3 Å². The van der Waals surface area contributed by atoms with Gasteiger partial charge in [-0.1, -0.05) is 82.2 Å². The molecule has 1 aromatic rings. The summed E-state index contributed by atoms with van der Waals surface area (Å²) in [7, 11) is 0. The highest BCUT2D eigenvalue weighted by atomic mass is 16.5. The van der Waals surface area contributed by atoms with Crippen molar-refractivity contribution in [1.82, 2.24) is 4.90 Å². The lowest BCUT2D eigenvalue weighted by Crippen LogP contribution is -2.61. The molecule has 0 radical (unpaired) electrons. The van der Waals surface area contributed by atoms with Crippen LogP contribution >= 0.6 is 0 Å². The Kier molecular flexibility index (Phi) is 7.53. The van der Waals surface area contributed by atoms with Crippen LogP contribution in [0.2, 0.25) is 0 Å². The van der Waals surface area contributed by atoms with Crippen LogP contribution in [0.4, 0.5) is 0 Å². The maximum Gasteiger partial charge on any atom is 0.0679 e. The van der Waals surface area contributed by atoms with Crippen molar-refractivity contribution in [1.29, 1.82) is 0 Å². The molecule has 0 saturated carbocycles. The number of piperidine rings is 1. The predicted octanol–water partition coefficient (Wildman–Crippen LogP) is 4.92. The van der Waals surface area contributed by atoms with E-state index >= 15 is 0 Å². The maximum absolute atomic E-state index is 11.2. The van der Waals surface area contributed by atoms with Crippen LogP contribution in [0.1, 0.15) is 76.7 Å². The molecule has 2 aliphatic heterocycles. The normalized spacial score (nSPS) is 29.0. The van der Waals surface area contributed by atoms with Gasteiger partial charge in [0.1, 0.15) is 0 Å². The van der Waals surface area contributed by atoms with E-state index in [1.807, 2.05) is 0 Å². The van der Waals surface area contributed by atoms with Crippen LogP contribution in [-0.2, 0) is 11.3 Å². The smallest absolute Gasteiger partial charge is 0.0679 e. The second-order valence-corrected chi connectivity index (χ2v) is 8.51. The van der Waals surface area contributed by atoms with Gasteiger partial charge >= 0.3 is 0 Å². The maximum atomic E-state index is 11.2. The third kappa shape index (κ3) is 5.55. The van der Waals surface area contributed by atoms with Crippen molar-refractivity contribution in [2.75, 3.05) is 13.2 Å². The van der Waals surface area contributed by atoms with E-state index in [4.69, 9.17) is 4.74 Å². The summed E-state index contributed by atoms with van der Waals surface area (Å²) in [6, 6.07) is 11.4. The van der Waals surface area contributed by atoms with Crippen LogP contribution in [0.3, 0.4) is 0 Å². The number of hydrogen-bond acceptors (Lipinski definition) is 3. The quantitative estimate of drug-likeness (QED) is 0.602. The fourth-order valence-electron chi connectivity index (χ4n) is 4.81. The van der Waals surface area contributed by atoms with E-state index in [2.05, 4.69) is 42.2 Å². The fourth-order valence-corrected chi connectivity index (χ4v) is 4.81. The molecule has 2 aliphatic rings. The summed E-state index contributed by atoms with van der Waals surface area (Å²) in [6.45, 7) is 4.78. The molecule has 1 aromatic carbocycles. The second-order valence-electron chi connectivity index (χ2n) is 8.51. The lowest BCUT2D eigenvalue weighted by atomic mass is 9.78. The van der Waals surface area contributed by atoms with Crippen LogP contribution in [0.25, 0.3) is 0 Å². The molecule has 3 heteroatoms. The number of fused-ring (bicyclic) bond motifs is 2. The molecule has 0 aliphatic carbocycles. The van der Waals surface area contributed by atoms with Gasteiger partial charge in [0.2, 0.25) is 0 Å². The van der Waals surface area contributed by atoms with Crippen molar-refractivity contribution in [2.45, 2.75) is 95.4 Å². The predicted molar refractivity (Wildman–Crippen MR) is 107 cm³/mol. The third-order valence-corrected chi connectivity index (χ3v) is 6.24. The summed E-state index contributed by atoms with van der Waals surface area (Å²) in [4.78, 5) is 2.58. The minimum absolute atomic E-state index is 0.359. The second kappa shape index (κ2) is 9.87. The molecule has 2 saturated heterocycles. The molecule has 2 atom stereocenters. The molecule has 3 rings (SSSR count). The van der Waals surface area contributed by atoms with E-state index in [-0.39, 0.29) is 0 Å². The lowest BCUT2D eigenvalue weighted by Gasteiger charge is -2.52. The van der Waals surface area contributed by atoms with Crippen molar-refractivity contribution < 1.29 is 9.84 Å². The van der Waals surface area contributed by atoms with Crippen LogP contribution < -0.4 is 0 Å². The molecule has 26 heavy (non-hydrogen) atoms. The zero-order valence-corrected chi connectivity index (χ0v) is 16.5. The molecule has 0 spiro atoms. The van der Waals surface area contributed by atoms with Gasteiger partial charge in [0, 0.05) is 18.6 Å². The van der Waals surface area contributed by atoms with Crippen molar-refractivity contribution in [3.8, 4) is 0 Å². The molecule has 3 nitrogen and oxygen atoms in total. The van der Waals surface area contributed by atoms with Crippen molar-refractivity contribution in [3.05, 3.63) is 35.9 Å². The van der Waals surface area contributed by atoms with Crippen LogP contribution in [0.5, 0.6) is 0 Å². The Balaban J connectivity index is 1.47. The molecule has 146 valence electrons. The molecular formula is C23H37NO2. The fraction of sp³-hybridized carbons (Fsp3) is 0.739. The average Bonchev–Trinajstić information content (AvgIpc) is 2.63. The van der Waals surface area contributed by atoms with Gasteiger partial charge in [0.15, 0.2) is 0 Å². The van der Waals surface area contributed by atoms with Gasteiger partial charge < -0.3 is 9.84 Å². The van der Waals surface area contributed by atoms with Gasteiger partial charge in [0.05, 0.1) is 18.8 Å². The molecule has 2 unspecified atom stereocenters. The number of hydrogen-bond donors (Lipinski definition) is 1. The van der Waals surface area contributed by atoms with Crippen molar-refractivity contribution in [3.63, 3.8) is 0 Å². The first-order valence-corrected chi connectivity index (χ1v) is 10.8. The zero-order valence-electron chi connectivity index (χ0n) is 16.5. The number of nitrogens with zero attached hydrogens (tertiary/aromatic N) is 1.